The van der Waals surface area contributed by atoms with Crippen LogP contribution in [0.1, 0.15) is 52.5 Å². The molecule has 1 aromatic carbocycles. The van der Waals surface area contributed by atoms with Crippen molar-refractivity contribution in [2.75, 3.05) is 6.54 Å². The van der Waals surface area contributed by atoms with Gasteiger partial charge < -0.3 is 10.1 Å². The molecule has 0 saturated heterocycles. The van der Waals surface area contributed by atoms with Crippen LogP contribution in [0.3, 0.4) is 0 Å². The molecule has 0 aromatic heterocycles. The number of nitrogens with one attached hydrogen (secondary N) is 1. The summed E-state index contributed by atoms with van der Waals surface area (Å²) in [5, 5.41) is 2.64. The maximum Gasteiger partial charge on any atom is 0.407 e. The van der Waals surface area contributed by atoms with Crippen molar-refractivity contribution < 1.29 is 18.3 Å². The molecule has 1 N–H and O–H groups in total. The molecule has 1 rings (SSSR count). The Bertz CT molecular complexity index is 510. The van der Waals surface area contributed by atoms with E-state index < -0.39 is 23.3 Å². The number of halogens is 2. The summed E-state index contributed by atoms with van der Waals surface area (Å²) in [6.07, 6.45) is 0.0777. The summed E-state index contributed by atoms with van der Waals surface area (Å²) in [6.45, 7) is 9.50. The molecule has 0 radical (unpaired) electrons. The van der Waals surface area contributed by atoms with Gasteiger partial charge in [-0.2, -0.15) is 0 Å². The number of amides is 1. The molecule has 1 atom stereocenters. The SMILES string of the molecule is CC(C)C[C@H](CNC(=O)OC(C)(C)C)c1cc(F)ccc1F. The molecule has 124 valence electrons. The van der Waals surface area contributed by atoms with Crippen molar-refractivity contribution in [2.24, 2.45) is 5.92 Å². The predicted octanol–water partition coefficient (Wildman–Crippen LogP) is 4.62. The van der Waals surface area contributed by atoms with Crippen LogP contribution in [0.4, 0.5) is 13.6 Å². The fourth-order valence-electron chi connectivity index (χ4n) is 2.24. The minimum Gasteiger partial charge on any atom is -0.444 e. The minimum atomic E-state index is -0.596. The van der Waals surface area contributed by atoms with Crippen LogP contribution in [0, 0.1) is 17.6 Å². The number of hydrogen-bond acceptors (Lipinski definition) is 2. The highest BCUT2D eigenvalue weighted by Gasteiger charge is 2.21. The third-order valence-corrected chi connectivity index (χ3v) is 3.05. The number of alkyl carbamates (subject to hydrolysis) is 1. The zero-order chi connectivity index (χ0) is 16.9. The molecule has 0 fully saturated rings. The Morgan fingerprint density at radius 2 is 1.91 bits per heavy atom. The van der Waals surface area contributed by atoms with Crippen LogP contribution in [-0.4, -0.2) is 18.2 Å². The molecular weight excluding hydrogens is 288 g/mol. The molecule has 0 aliphatic heterocycles. The first kappa shape index (κ1) is 18.4. The van der Waals surface area contributed by atoms with Gasteiger partial charge >= 0.3 is 6.09 Å². The average Bonchev–Trinajstić information content (AvgIpc) is 2.35. The molecule has 0 spiro atoms. The Kier molecular flexibility index (Phi) is 6.33. The molecule has 0 saturated carbocycles. The van der Waals surface area contributed by atoms with E-state index in [0.29, 0.717) is 6.42 Å². The topological polar surface area (TPSA) is 38.3 Å². The number of rotatable bonds is 5. The lowest BCUT2D eigenvalue weighted by molar-refractivity contribution is 0.0523. The molecule has 1 amide bonds. The maximum absolute atomic E-state index is 14.0. The second-order valence-corrected chi connectivity index (χ2v) is 6.88. The van der Waals surface area contributed by atoms with Crippen molar-refractivity contribution >= 4 is 6.09 Å². The third kappa shape index (κ3) is 6.41. The molecular formula is C17H25F2NO2. The van der Waals surface area contributed by atoms with Crippen molar-refractivity contribution in [1.82, 2.24) is 5.32 Å². The Hall–Kier alpha value is -1.65. The molecule has 3 nitrogen and oxygen atoms in total. The quantitative estimate of drug-likeness (QED) is 0.861. The van der Waals surface area contributed by atoms with Gasteiger partial charge in [0, 0.05) is 12.5 Å². The van der Waals surface area contributed by atoms with E-state index in [1.54, 1.807) is 20.8 Å². The van der Waals surface area contributed by atoms with Gasteiger partial charge in [0.25, 0.3) is 0 Å². The number of carbonyl (C=O) groups is 1. The second-order valence-electron chi connectivity index (χ2n) is 6.88. The van der Waals surface area contributed by atoms with Gasteiger partial charge in [-0.25, -0.2) is 13.6 Å². The highest BCUT2D eigenvalue weighted by atomic mass is 19.1. The summed E-state index contributed by atoms with van der Waals surface area (Å²) in [5.74, 6) is -0.961. The highest BCUT2D eigenvalue weighted by molar-refractivity contribution is 5.67. The van der Waals surface area contributed by atoms with Gasteiger partial charge in [0.05, 0.1) is 0 Å². The van der Waals surface area contributed by atoms with Gasteiger partial charge in [-0.1, -0.05) is 13.8 Å². The van der Waals surface area contributed by atoms with Gasteiger partial charge in [0.1, 0.15) is 17.2 Å². The van der Waals surface area contributed by atoms with Gasteiger partial charge in [-0.05, 0) is 56.9 Å². The van der Waals surface area contributed by atoms with Gasteiger partial charge in [0.2, 0.25) is 0 Å². The van der Waals surface area contributed by atoms with Crippen LogP contribution in [-0.2, 0) is 4.74 Å². The van der Waals surface area contributed by atoms with Crippen LogP contribution in [0.25, 0.3) is 0 Å². The van der Waals surface area contributed by atoms with Gasteiger partial charge in [-0.15, -0.1) is 0 Å². The lowest BCUT2D eigenvalue weighted by Gasteiger charge is -2.23. The number of benzene rings is 1. The summed E-state index contributed by atoms with van der Waals surface area (Å²) < 4.78 is 32.5. The van der Waals surface area contributed by atoms with E-state index in [9.17, 15) is 13.6 Å². The third-order valence-electron chi connectivity index (χ3n) is 3.05. The zero-order valence-electron chi connectivity index (χ0n) is 13.9. The average molecular weight is 313 g/mol. The van der Waals surface area contributed by atoms with E-state index in [2.05, 4.69) is 5.32 Å². The van der Waals surface area contributed by atoms with Crippen molar-refractivity contribution in [3.05, 3.63) is 35.4 Å². The molecule has 0 unspecified atom stereocenters. The largest absolute Gasteiger partial charge is 0.444 e. The van der Waals surface area contributed by atoms with Crippen LogP contribution < -0.4 is 5.32 Å². The second kappa shape index (κ2) is 7.56. The Morgan fingerprint density at radius 1 is 1.27 bits per heavy atom. The monoisotopic (exact) mass is 313 g/mol. The van der Waals surface area contributed by atoms with Crippen molar-refractivity contribution in [3.63, 3.8) is 0 Å². The van der Waals surface area contributed by atoms with E-state index in [4.69, 9.17) is 4.74 Å². The van der Waals surface area contributed by atoms with Crippen molar-refractivity contribution in [2.45, 2.75) is 52.6 Å². The smallest absolute Gasteiger partial charge is 0.407 e. The first-order chi connectivity index (χ1) is 10.1. The van der Waals surface area contributed by atoms with E-state index in [-0.39, 0.29) is 23.9 Å². The molecule has 1 aromatic rings. The first-order valence-corrected chi connectivity index (χ1v) is 7.50. The summed E-state index contributed by atoms with van der Waals surface area (Å²) in [7, 11) is 0. The summed E-state index contributed by atoms with van der Waals surface area (Å²) in [6, 6.07) is 3.40. The fraction of sp³-hybridized carbons (Fsp3) is 0.588. The lowest BCUT2D eigenvalue weighted by Crippen LogP contribution is -2.35. The number of carbonyl (C=O) groups excluding carboxylic acids is 1. The lowest BCUT2D eigenvalue weighted by atomic mass is 9.90. The van der Waals surface area contributed by atoms with E-state index >= 15 is 0 Å². The summed E-state index contributed by atoms with van der Waals surface area (Å²) in [5.41, 5.74) is -0.313. The summed E-state index contributed by atoms with van der Waals surface area (Å²) in [4.78, 5) is 11.7. The fourth-order valence-corrected chi connectivity index (χ4v) is 2.24. The van der Waals surface area contributed by atoms with Crippen molar-refractivity contribution in [3.8, 4) is 0 Å². The normalized spacial score (nSPS) is 13.1. The zero-order valence-corrected chi connectivity index (χ0v) is 13.9. The molecule has 0 heterocycles. The molecule has 0 aliphatic rings. The molecule has 5 heteroatoms. The van der Waals surface area contributed by atoms with E-state index in [1.165, 1.54) is 6.07 Å². The molecule has 22 heavy (non-hydrogen) atoms. The minimum absolute atomic E-state index is 0.202. The van der Waals surface area contributed by atoms with Crippen LogP contribution >= 0.6 is 0 Å². The standard InChI is InChI=1S/C17H25F2NO2/c1-11(2)8-12(10-20-16(21)22-17(3,4)5)14-9-13(18)6-7-15(14)19/h6-7,9,11-12H,8,10H2,1-5H3,(H,20,21)/t12-/m1/s1. The van der Waals surface area contributed by atoms with Crippen LogP contribution in [0.5, 0.6) is 0 Å². The summed E-state index contributed by atoms with van der Waals surface area (Å²) >= 11 is 0. The Labute approximate surface area is 131 Å². The van der Waals surface area contributed by atoms with Gasteiger partial charge in [-0.3, -0.25) is 0 Å². The predicted molar refractivity (Wildman–Crippen MR) is 82.8 cm³/mol. The van der Waals surface area contributed by atoms with Crippen molar-refractivity contribution in [1.29, 1.82) is 0 Å². The Balaban J connectivity index is 2.81. The Morgan fingerprint density at radius 3 is 2.45 bits per heavy atom. The molecule has 0 aliphatic carbocycles. The highest BCUT2D eigenvalue weighted by Crippen LogP contribution is 2.26. The van der Waals surface area contributed by atoms with E-state index in [0.717, 1.165) is 12.1 Å². The molecule has 0 bridgehead atoms. The first-order valence-electron chi connectivity index (χ1n) is 7.50. The number of ether oxygens (including phenoxy) is 1. The number of hydrogen-bond donors (Lipinski definition) is 1. The maximum atomic E-state index is 14.0. The van der Waals surface area contributed by atoms with Crippen LogP contribution in [0.2, 0.25) is 0 Å². The van der Waals surface area contributed by atoms with E-state index in [1.807, 2.05) is 13.8 Å². The van der Waals surface area contributed by atoms with Crippen LogP contribution in [0.15, 0.2) is 18.2 Å². The van der Waals surface area contributed by atoms with Gasteiger partial charge in [0.15, 0.2) is 0 Å².